The Morgan fingerprint density at radius 2 is 2.00 bits per heavy atom. The van der Waals surface area contributed by atoms with Gasteiger partial charge < -0.3 is 4.40 Å². The van der Waals surface area contributed by atoms with E-state index in [4.69, 9.17) is 11.6 Å². The SMILES string of the molecule is CCSc1nnc(SCc2cn3cc(Cl)ccc3n2)s1. The summed E-state index contributed by atoms with van der Waals surface area (Å²) in [6.45, 7) is 2.11. The lowest BCUT2D eigenvalue weighted by atomic mass is 10.5. The van der Waals surface area contributed by atoms with Crippen molar-refractivity contribution in [1.29, 1.82) is 0 Å². The van der Waals surface area contributed by atoms with Gasteiger partial charge in [0.25, 0.3) is 0 Å². The number of imidazole rings is 1. The maximum atomic E-state index is 5.96. The zero-order valence-corrected chi connectivity index (χ0v) is 13.8. The molecule has 0 aliphatic rings. The van der Waals surface area contributed by atoms with Gasteiger partial charge in [0.05, 0.1) is 10.7 Å². The van der Waals surface area contributed by atoms with Crippen LogP contribution in [-0.4, -0.2) is 25.3 Å². The Morgan fingerprint density at radius 1 is 1.20 bits per heavy atom. The van der Waals surface area contributed by atoms with E-state index in [1.165, 1.54) is 0 Å². The van der Waals surface area contributed by atoms with Crippen LogP contribution in [0.15, 0.2) is 33.2 Å². The summed E-state index contributed by atoms with van der Waals surface area (Å²) < 4.78 is 3.95. The summed E-state index contributed by atoms with van der Waals surface area (Å²) in [5.74, 6) is 1.80. The lowest BCUT2D eigenvalue weighted by Crippen LogP contribution is -1.79. The Morgan fingerprint density at radius 3 is 2.80 bits per heavy atom. The summed E-state index contributed by atoms with van der Waals surface area (Å²) in [5, 5.41) is 9.02. The third kappa shape index (κ3) is 3.28. The van der Waals surface area contributed by atoms with Crippen molar-refractivity contribution in [1.82, 2.24) is 19.6 Å². The molecule has 8 heteroatoms. The summed E-state index contributed by atoms with van der Waals surface area (Å²) in [6.07, 6.45) is 3.86. The standard InChI is InChI=1S/C12H11ClN4S3/c1-2-18-11-15-16-12(20-11)19-7-9-6-17-5-8(13)3-4-10(17)14-9/h3-6H,2,7H2,1H3. The Hall–Kier alpha value is -0.760. The summed E-state index contributed by atoms with van der Waals surface area (Å²) in [4.78, 5) is 4.55. The molecular formula is C12H11ClN4S3. The van der Waals surface area contributed by atoms with Gasteiger partial charge in [0, 0.05) is 18.1 Å². The van der Waals surface area contributed by atoms with E-state index in [0.29, 0.717) is 5.02 Å². The molecule has 0 radical (unpaired) electrons. The molecule has 0 bridgehead atoms. The van der Waals surface area contributed by atoms with Gasteiger partial charge in [-0.3, -0.25) is 0 Å². The fourth-order valence-corrected chi connectivity index (χ4v) is 4.63. The zero-order valence-electron chi connectivity index (χ0n) is 10.6. The number of nitrogens with zero attached hydrogens (tertiary/aromatic N) is 4. The second kappa shape index (κ2) is 6.34. The first-order valence-corrected chi connectivity index (χ1v) is 9.13. The molecule has 0 fully saturated rings. The summed E-state index contributed by atoms with van der Waals surface area (Å²) >= 11 is 11.0. The minimum atomic E-state index is 0.708. The summed E-state index contributed by atoms with van der Waals surface area (Å²) in [6, 6.07) is 3.76. The predicted octanol–water partition coefficient (Wildman–Crippen LogP) is 4.24. The minimum absolute atomic E-state index is 0.708. The van der Waals surface area contributed by atoms with Crippen LogP contribution in [-0.2, 0) is 5.75 Å². The van der Waals surface area contributed by atoms with Crippen LogP contribution in [0.25, 0.3) is 5.65 Å². The quantitative estimate of drug-likeness (QED) is 0.649. The molecular weight excluding hydrogens is 332 g/mol. The number of hydrogen-bond donors (Lipinski definition) is 0. The van der Waals surface area contributed by atoms with E-state index >= 15 is 0 Å². The zero-order chi connectivity index (χ0) is 13.9. The number of hydrogen-bond acceptors (Lipinski definition) is 6. The van der Waals surface area contributed by atoms with Crippen molar-refractivity contribution in [2.75, 3.05) is 5.75 Å². The van der Waals surface area contributed by atoms with Gasteiger partial charge in [-0.15, -0.1) is 10.2 Å². The van der Waals surface area contributed by atoms with Crippen molar-refractivity contribution in [3.8, 4) is 0 Å². The third-order valence-electron chi connectivity index (χ3n) is 2.46. The van der Waals surface area contributed by atoms with E-state index < -0.39 is 0 Å². The highest BCUT2D eigenvalue weighted by Crippen LogP contribution is 2.30. The van der Waals surface area contributed by atoms with E-state index in [9.17, 15) is 0 Å². The smallest absolute Gasteiger partial charge is 0.175 e. The van der Waals surface area contributed by atoms with Gasteiger partial charge in [-0.05, 0) is 17.9 Å². The monoisotopic (exact) mass is 342 g/mol. The number of thioether (sulfide) groups is 2. The van der Waals surface area contributed by atoms with Crippen molar-refractivity contribution in [2.45, 2.75) is 21.4 Å². The molecule has 3 rings (SSSR count). The van der Waals surface area contributed by atoms with Crippen molar-refractivity contribution in [3.05, 3.63) is 35.2 Å². The van der Waals surface area contributed by atoms with Gasteiger partial charge in [-0.25, -0.2) is 4.98 Å². The van der Waals surface area contributed by atoms with Crippen LogP contribution in [0.1, 0.15) is 12.6 Å². The highest BCUT2D eigenvalue weighted by molar-refractivity contribution is 8.02. The fourth-order valence-electron chi connectivity index (χ4n) is 1.66. The first-order chi connectivity index (χ1) is 9.74. The van der Waals surface area contributed by atoms with Gasteiger partial charge in [0.2, 0.25) is 0 Å². The van der Waals surface area contributed by atoms with E-state index in [2.05, 4.69) is 22.1 Å². The number of rotatable bonds is 5. The molecule has 104 valence electrons. The maximum Gasteiger partial charge on any atom is 0.175 e. The van der Waals surface area contributed by atoms with Crippen LogP contribution in [0.3, 0.4) is 0 Å². The van der Waals surface area contributed by atoms with Crippen LogP contribution >= 0.6 is 46.5 Å². The second-order valence-corrected chi connectivity index (χ2v) is 8.05. The van der Waals surface area contributed by atoms with Crippen LogP contribution in [0.4, 0.5) is 0 Å². The molecule has 0 unspecified atom stereocenters. The van der Waals surface area contributed by atoms with Gasteiger partial charge in [0.1, 0.15) is 5.65 Å². The van der Waals surface area contributed by atoms with Crippen LogP contribution in [0.5, 0.6) is 0 Å². The molecule has 3 heterocycles. The molecule has 0 aliphatic carbocycles. The van der Waals surface area contributed by atoms with Crippen LogP contribution in [0.2, 0.25) is 5.02 Å². The summed E-state index contributed by atoms with van der Waals surface area (Å²) in [5.41, 5.74) is 1.92. The van der Waals surface area contributed by atoms with Crippen LogP contribution in [0, 0.1) is 0 Å². The topological polar surface area (TPSA) is 43.1 Å². The Labute approximate surface area is 134 Å². The van der Waals surface area contributed by atoms with E-state index in [1.807, 2.05) is 28.9 Å². The van der Waals surface area contributed by atoms with Gasteiger partial charge in [-0.1, -0.05) is 53.4 Å². The van der Waals surface area contributed by atoms with Gasteiger partial charge in [-0.2, -0.15) is 0 Å². The maximum absolute atomic E-state index is 5.96. The molecule has 0 aromatic carbocycles. The van der Waals surface area contributed by atoms with Crippen molar-refractivity contribution >= 4 is 52.1 Å². The number of halogens is 1. The molecule has 0 atom stereocenters. The lowest BCUT2D eigenvalue weighted by molar-refractivity contribution is 0.954. The molecule has 3 aromatic heterocycles. The molecule has 0 saturated heterocycles. The number of fused-ring (bicyclic) bond motifs is 1. The largest absolute Gasteiger partial charge is 0.305 e. The first-order valence-electron chi connectivity index (χ1n) is 5.97. The van der Waals surface area contributed by atoms with E-state index in [-0.39, 0.29) is 0 Å². The highest BCUT2D eigenvalue weighted by atomic mass is 35.5. The Balaban J connectivity index is 1.69. The van der Waals surface area contributed by atoms with E-state index in [0.717, 1.165) is 31.5 Å². The van der Waals surface area contributed by atoms with Crippen molar-refractivity contribution < 1.29 is 0 Å². The minimum Gasteiger partial charge on any atom is -0.305 e. The van der Waals surface area contributed by atoms with Crippen LogP contribution < -0.4 is 0 Å². The van der Waals surface area contributed by atoms with Crippen molar-refractivity contribution in [3.63, 3.8) is 0 Å². The molecule has 3 aromatic rings. The Bertz CT molecular complexity index is 724. The molecule has 0 N–H and O–H groups in total. The molecule has 20 heavy (non-hydrogen) atoms. The molecule has 4 nitrogen and oxygen atoms in total. The fraction of sp³-hybridized carbons (Fsp3) is 0.250. The third-order valence-corrected chi connectivity index (χ3v) is 5.79. The molecule has 0 amide bonds. The summed E-state index contributed by atoms with van der Waals surface area (Å²) in [7, 11) is 0. The molecule has 0 saturated carbocycles. The van der Waals surface area contributed by atoms with Crippen molar-refractivity contribution in [2.24, 2.45) is 0 Å². The first kappa shape index (κ1) is 14.2. The van der Waals surface area contributed by atoms with Gasteiger partial charge in [0.15, 0.2) is 8.68 Å². The van der Waals surface area contributed by atoms with Gasteiger partial charge >= 0.3 is 0 Å². The number of pyridine rings is 1. The average Bonchev–Trinajstić information content (AvgIpc) is 3.02. The van der Waals surface area contributed by atoms with E-state index in [1.54, 1.807) is 34.9 Å². The Kier molecular flexibility index (Phi) is 4.50. The average molecular weight is 343 g/mol. The lowest BCUT2D eigenvalue weighted by Gasteiger charge is -1.91. The highest BCUT2D eigenvalue weighted by Gasteiger charge is 2.07. The predicted molar refractivity (Wildman–Crippen MR) is 86.1 cm³/mol. The normalized spacial score (nSPS) is 11.3. The molecule has 0 aliphatic heterocycles. The second-order valence-electron chi connectivity index (χ2n) is 3.90. The number of aromatic nitrogens is 4. The molecule has 0 spiro atoms.